The van der Waals surface area contributed by atoms with E-state index in [1.807, 2.05) is 12.1 Å². The van der Waals surface area contributed by atoms with E-state index in [9.17, 15) is 0 Å². The minimum absolute atomic E-state index is 0.377. The van der Waals surface area contributed by atoms with E-state index in [1.165, 1.54) is 0 Å². The van der Waals surface area contributed by atoms with Crippen LogP contribution in [0.25, 0.3) is 0 Å². The van der Waals surface area contributed by atoms with Crippen LogP contribution in [0.15, 0.2) is 39.7 Å². The molecular weight excluding hydrogens is 272 g/mol. The van der Waals surface area contributed by atoms with E-state index >= 15 is 0 Å². The van der Waals surface area contributed by atoms with Crippen LogP contribution in [0.1, 0.15) is 11.3 Å². The van der Waals surface area contributed by atoms with Gasteiger partial charge in [-0.1, -0.05) is 0 Å². The molecule has 0 unspecified atom stereocenters. The number of aromatic nitrogens is 1. The zero-order chi connectivity index (χ0) is 11.4. The second-order valence-corrected chi connectivity index (χ2v) is 4.12. The maximum absolute atomic E-state index is 5.57. The van der Waals surface area contributed by atoms with Crippen molar-refractivity contribution in [3.8, 4) is 5.75 Å². The fraction of sp³-hybridized carbons (Fsp3) is 0.182. The van der Waals surface area contributed by atoms with Gasteiger partial charge in [-0.25, -0.2) is 0 Å². The standard InChI is InChI=1S/C11H11BrN2O2/c12-9-3-10(6-14-5-9)16-7-8-1-2-15-11(8)4-13/h1-3,5-6H,4,7,13H2. The van der Waals surface area contributed by atoms with Crippen LogP contribution >= 0.6 is 15.9 Å². The van der Waals surface area contributed by atoms with Crippen LogP contribution in [-0.2, 0) is 13.2 Å². The van der Waals surface area contributed by atoms with E-state index in [2.05, 4.69) is 20.9 Å². The third kappa shape index (κ3) is 2.62. The molecule has 2 rings (SSSR count). The number of furan rings is 1. The molecule has 0 spiro atoms. The zero-order valence-electron chi connectivity index (χ0n) is 8.52. The molecule has 0 bridgehead atoms. The lowest BCUT2D eigenvalue weighted by Gasteiger charge is -2.05. The van der Waals surface area contributed by atoms with Gasteiger partial charge in [0.2, 0.25) is 0 Å². The van der Waals surface area contributed by atoms with Crippen LogP contribution in [0.3, 0.4) is 0 Å². The lowest BCUT2D eigenvalue weighted by molar-refractivity contribution is 0.301. The van der Waals surface area contributed by atoms with Gasteiger partial charge >= 0.3 is 0 Å². The van der Waals surface area contributed by atoms with Gasteiger partial charge in [0.15, 0.2) is 0 Å². The molecule has 2 N–H and O–H groups in total. The minimum Gasteiger partial charge on any atom is -0.487 e. The molecule has 0 aliphatic heterocycles. The Labute approximate surface area is 102 Å². The van der Waals surface area contributed by atoms with E-state index in [0.717, 1.165) is 15.8 Å². The highest BCUT2D eigenvalue weighted by atomic mass is 79.9. The van der Waals surface area contributed by atoms with Crippen LogP contribution in [0.5, 0.6) is 5.75 Å². The van der Waals surface area contributed by atoms with Crippen LogP contribution < -0.4 is 10.5 Å². The largest absolute Gasteiger partial charge is 0.487 e. The predicted molar refractivity (Wildman–Crippen MR) is 62.9 cm³/mol. The van der Waals surface area contributed by atoms with Gasteiger partial charge in [0.1, 0.15) is 18.1 Å². The van der Waals surface area contributed by atoms with Crippen molar-refractivity contribution in [2.75, 3.05) is 0 Å². The molecule has 2 aromatic rings. The van der Waals surface area contributed by atoms with Gasteiger partial charge in [-0.2, -0.15) is 0 Å². The molecule has 5 heteroatoms. The van der Waals surface area contributed by atoms with Crippen molar-refractivity contribution < 1.29 is 9.15 Å². The summed E-state index contributed by atoms with van der Waals surface area (Å²) in [4.78, 5) is 4.01. The van der Waals surface area contributed by atoms with Crippen LogP contribution in [-0.4, -0.2) is 4.98 Å². The lowest BCUT2D eigenvalue weighted by atomic mass is 10.2. The number of nitrogens with zero attached hydrogens (tertiary/aromatic N) is 1. The van der Waals surface area contributed by atoms with Crippen LogP contribution in [0, 0.1) is 0 Å². The molecule has 0 amide bonds. The molecule has 0 saturated heterocycles. The van der Waals surface area contributed by atoms with Gasteiger partial charge in [-0.15, -0.1) is 0 Å². The highest BCUT2D eigenvalue weighted by molar-refractivity contribution is 9.10. The monoisotopic (exact) mass is 282 g/mol. The third-order valence-corrected chi connectivity index (χ3v) is 2.53. The Hall–Kier alpha value is -1.33. The summed E-state index contributed by atoms with van der Waals surface area (Å²) in [5.74, 6) is 1.46. The van der Waals surface area contributed by atoms with Gasteiger partial charge in [0, 0.05) is 16.2 Å². The summed E-state index contributed by atoms with van der Waals surface area (Å²) >= 11 is 3.33. The molecular formula is C11H11BrN2O2. The molecule has 2 aromatic heterocycles. The summed E-state index contributed by atoms with van der Waals surface area (Å²) in [6, 6.07) is 3.71. The van der Waals surface area contributed by atoms with E-state index in [0.29, 0.717) is 18.9 Å². The first-order valence-corrected chi connectivity index (χ1v) is 5.57. The molecule has 0 fully saturated rings. The first kappa shape index (κ1) is 11.2. The van der Waals surface area contributed by atoms with Crippen LogP contribution in [0.4, 0.5) is 0 Å². The number of nitrogens with two attached hydrogens (primary N) is 1. The SMILES string of the molecule is NCc1occc1COc1cncc(Br)c1. The van der Waals surface area contributed by atoms with Crippen molar-refractivity contribution in [3.63, 3.8) is 0 Å². The Kier molecular flexibility index (Phi) is 3.58. The molecule has 0 aliphatic rings. The van der Waals surface area contributed by atoms with Gasteiger partial charge in [0.25, 0.3) is 0 Å². The summed E-state index contributed by atoms with van der Waals surface area (Å²) in [5, 5.41) is 0. The molecule has 2 heterocycles. The molecule has 0 saturated carbocycles. The molecule has 0 atom stereocenters. The highest BCUT2D eigenvalue weighted by Crippen LogP contribution is 2.18. The average molecular weight is 283 g/mol. The molecule has 4 nitrogen and oxygen atoms in total. The van der Waals surface area contributed by atoms with Crippen molar-refractivity contribution in [1.29, 1.82) is 0 Å². The molecule has 0 aliphatic carbocycles. The van der Waals surface area contributed by atoms with Crippen molar-refractivity contribution >= 4 is 15.9 Å². The smallest absolute Gasteiger partial charge is 0.139 e. The van der Waals surface area contributed by atoms with Crippen molar-refractivity contribution in [2.24, 2.45) is 5.73 Å². The van der Waals surface area contributed by atoms with Gasteiger partial charge < -0.3 is 14.9 Å². The number of ether oxygens (including phenoxy) is 1. The Balaban J connectivity index is 2.02. The number of hydrogen-bond acceptors (Lipinski definition) is 4. The van der Waals surface area contributed by atoms with Crippen molar-refractivity contribution in [2.45, 2.75) is 13.2 Å². The van der Waals surface area contributed by atoms with Crippen molar-refractivity contribution in [3.05, 3.63) is 46.6 Å². The molecule has 0 aromatic carbocycles. The fourth-order valence-corrected chi connectivity index (χ4v) is 1.65. The normalized spacial score (nSPS) is 10.4. The average Bonchev–Trinajstić information content (AvgIpc) is 2.74. The summed E-state index contributed by atoms with van der Waals surface area (Å²) in [7, 11) is 0. The van der Waals surface area contributed by atoms with Gasteiger partial charge in [-0.05, 0) is 28.1 Å². The Bertz CT molecular complexity index is 471. The molecule has 0 radical (unpaired) electrons. The predicted octanol–water partition coefficient (Wildman–Crippen LogP) is 2.47. The zero-order valence-corrected chi connectivity index (χ0v) is 10.1. The third-order valence-electron chi connectivity index (χ3n) is 2.10. The van der Waals surface area contributed by atoms with Crippen LogP contribution in [0.2, 0.25) is 0 Å². The second-order valence-electron chi connectivity index (χ2n) is 3.20. The summed E-state index contributed by atoms with van der Waals surface area (Å²) in [6.45, 7) is 0.809. The quantitative estimate of drug-likeness (QED) is 0.936. The summed E-state index contributed by atoms with van der Waals surface area (Å²) < 4.78 is 11.6. The lowest BCUT2D eigenvalue weighted by Crippen LogP contribution is -2.02. The van der Waals surface area contributed by atoms with E-state index in [1.54, 1.807) is 18.7 Å². The maximum atomic E-state index is 5.57. The second kappa shape index (κ2) is 5.14. The molecule has 16 heavy (non-hydrogen) atoms. The number of hydrogen-bond donors (Lipinski definition) is 1. The highest BCUT2D eigenvalue weighted by Gasteiger charge is 2.05. The minimum atomic E-state index is 0.377. The van der Waals surface area contributed by atoms with E-state index in [4.69, 9.17) is 14.9 Å². The summed E-state index contributed by atoms with van der Waals surface area (Å²) in [6.07, 6.45) is 4.98. The first-order valence-electron chi connectivity index (χ1n) is 4.78. The van der Waals surface area contributed by atoms with Gasteiger partial charge in [0.05, 0.1) is 19.0 Å². The molecule has 84 valence electrons. The Morgan fingerprint density at radius 1 is 1.44 bits per heavy atom. The Morgan fingerprint density at radius 2 is 2.31 bits per heavy atom. The number of halogens is 1. The van der Waals surface area contributed by atoms with Crippen molar-refractivity contribution in [1.82, 2.24) is 4.98 Å². The fourth-order valence-electron chi connectivity index (χ4n) is 1.31. The van der Waals surface area contributed by atoms with E-state index in [-0.39, 0.29) is 0 Å². The number of rotatable bonds is 4. The van der Waals surface area contributed by atoms with Gasteiger partial charge in [-0.3, -0.25) is 4.98 Å². The van der Waals surface area contributed by atoms with E-state index < -0.39 is 0 Å². The summed E-state index contributed by atoms with van der Waals surface area (Å²) in [5.41, 5.74) is 6.48. The first-order chi connectivity index (χ1) is 7.79. The maximum Gasteiger partial charge on any atom is 0.139 e. The Morgan fingerprint density at radius 3 is 3.06 bits per heavy atom. The topological polar surface area (TPSA) is 61.3 Å². The number of pyridine rings is 1.